The van der Waals surface area contributed by atoms with E-state index in [0.717, 1.165) is 12.1 Å². The number of carbonyl (C=O) groups excluding carboxylic acids is 1. The van der Waals surface area contributed by atoms with Crippen LogP contribution in [0.5, 0.6) is 5.75 Å². The minimum absolute atomic E-state index is 0.0161. The van der Waals surface area contributed by atoms with Gasteiger partial charge in [-0.25, -0.2) is 12.8 Å². The monoisotopic (exact) mass is 414 g/mol. The SMILES string of the molecule is O=C(c1ccccc1OC(F)F)N1CCN(S(=O)(=O)c2ccc(F)cc2)CC1. The minimum Gasteiger partial charge on any atom is -0.434 e. The molecule has 2 aromatic carbocycles. The van der Waals surface area contributed by atoms with Gasteiger partial charge in [-0.1, -0.05) is 12.1 Å². The van der Waals surface area contributed by atoms with Crippen molar-refractivity contribution in [1.29, 1.82) is 0 Å². The van der Waals surface area contributed by atoms with Gasteiger partial charge < -0.3 is 9.64 Å². The van der Waals surface area contributed by atoms with Gasteiger partial charge in [-0.15, -0.1) is 0 Å². The van der Waals surface area contributed by atoms with E-state index in [4.69, 9.17) is 0 Å². The van der Waals surface area contributed by atoms with Crippen LogP contribution in [-0.2, 0) is 10.0 Å². The van der Waals surface area contributed by atoms with E-state index in [9.17, 15) is 26.4 Å². The van der Waals surface area contributed by atoms with Crippen molar-refractivity contribution < 1.29 is 31.1 Å². The van der Waals surface area contributed by atoms with E-state index in [1.54, 1.807) is 0 Å². The molecule has 0 N–H and O–H groups in total. The first-order chi connectivity index (χ1) is 13.3. The maximum absolute atomic E-state index is 13.0. The molecule has 0 aromatic heterocycles. The van der Waals surface area contributed by atoms with Crippen molar-refractivity contribution in [1.82, 2.24) is 9.21 Å². The van der Waals surface area contributed by atoms with E-state index in [2.05, 4.69) is 4.74 Å². The molecule has 10 heteroatoms. The summed E-state index contributed by atoms with van der Waals surface area (Å²) in [5.41, 5.74) is -0.0161. The minimum atomic E-state index is -3.81. The van der Waals surface area contributed by atoms with Crippen LogP contribution >= 0.6 is 0 Å². The molecule has 28 heavy (non-hydrogen) atoms. The van der Waals surface area contributed by atoms with Gasteiger partial charge >= 0.3 is 6.61 Å². The normalized spacial score (nSPS) is 15.6. The number of ether oxygens (including phenoxy) is 1. The molecule has 1 amide bonds. The lowest BCUT2D eigenvalue weighted by Gasteiger charge is -2.34. The van der Waals surface area contributed by atoms with Gasteiger partial charge in [0.05, 0.1) is 10.5 Å². The molecule has 0 bridgehead atoms. The number of nitrogens with zero attached hydrogens (tertiary/aromatic N) is 2. The van der Waals surface area contributed by atoms with Crippen LogP contribution in [0.4, 0.5) is 13.2 Å². The topological polar surface area (TPSA) is 66.9 Å². The lowest BCUT2D eigenvalue weighted by Crippen LogP contribution is -2.50. The molecule has 0 spiro atoms. The van der Waals surface area contributed by atoms with Gasteiger partial charge in [0, 0.05) is 26.2 Å². The van der Waals surface area contributed by atoms with E-state index in [-0.39, 0.29) is 42.4 Å². The number of para-hydroxylation sites is 1. The van der Waals surface area contributed by atoms with E-state index in [1.165, 1.54) is 45.6 Å². The number of halogens is 3. The van der Waals surface area contributed by atoms with Crippen LogP contribution in [0, 0.1) is 5.82 Å². The van der Waals surface area contributed by atoms with Gasteiger partial charge in [0.2, 0.25) is 10.0 Å². The summed E-state index contributed by atoms with van der Waals surface area (Å²) in [6.07, 6.45) is 0. The Morgan fingerprint density at radius 3 is 2.18 bits per heavy atom. The smallest absolute Gasteiger partial charge is 0.387 e. The molecule has 3 rings (SSSR count). The van der Waals surface area contributed by atoms with Gasteiger partial charge in [0.25, 0.3) is 5.91 Å². The van der Waals surface area contributed by atoms with Crippen molar-refractivity contribution in [2.75, 3.05) is 26.2 Å². The number of benzene rings is 2. The molecule has 0 saturated carbocycles. The number of carbonyl (C=O) groups is 1. The second-order valence-corrected chi connectivity index (χ2v) is 7.96. The predicted molar refractivity (Wildman–Crippen MR) is 94.1 cm³/mol. The summed E-state index contributed by atoms with van der Waals surface area (Å²) in [5, 5.41) is 0. The fourth-order valence-corrected chi connectivity index (χ4v) is 4.32. The zero-order valence-electron chi connectivity index (χ0n) is 14.6. The highest BCUT2D eigenvalue weighted by Gasteiger charge is 2.31. The van der Waals surface area contributed by atoms with Gasteiger partial charge in [-0.3, -0.25) is 4.79 Å². The molecule has 0 aliphatic carbocycles. The first-order valence-electron chi connectivity index (χ1n) is 8.38. The highest BCUT2D eigenvalue weighted by Crippen LogP contribution is 2.24. The van der Waals surface area contributed by atoms with Crippen LogP contribution in [0.25, 0.3) is 0 Å². The predicted octanol–water partition coefficient (Wildman–Crippen LogP) is 2.57. The van der Waals surface area contributed by atoms with Gasteiger partial charge in [0.15, 0.2) is 0 Å². The number of sulfonamides is 1. The van der Waals surface area contributed by atoms with E-state index in [0.29, 0.717) is 0 Å². The lowest BCUT2D eigenvalue weighted by atomic mass is 10.1. The fraction of sp³-hybridized carbons (Fsp3) is 0.278. The third kappa shape index (κ3) is 4.28. The third-order valence-electron chi connectivity index (χ3n) is 4.31. The van der Waals surface area contributed by atoms with Crippen molar-refractivity contribution in [3.05, 3.63) is 59.9 Å². The second kappa shape index (κ2) is 8.19. The van der Waals surface area contributed by atoms with E-state index in [1.807, 2.05) is 0 Å². The highest BCUT2D eigenvalue weighted by atomic mass is 32.2. The molecule has 2 aromatic rings. The molecule has 1 aliphatic rings. The number of alkyl halides is 2. The van der Waals surface area contributed by atoms with Crippen molar-refractivity contribution in [3.8, 4) is 5.75 Å². The highest BCUT2D eigenvalue weighted by molar-refractivity contribution is 7.89. The first-order valence-corrected chi connectivity index (χ1v) is 9.82. The molecule has 150 valence electrons. The molecule has 0 radical (unpaired) electrons. The van der Waals surface area contributed by atoms with E-state index >= 15 is 0 Å². The molecular formula is C18H17F3N2O4S. The average molecular weight is 414 g/mol. The Kier molecular flexibility index (Phi) is 5.90. The average Bonchev–Trinajstić information content (AvgIpc) is 2.68. The summed E-state index contributed by atoms with van der Waals surface area (Å²) in [6, 6.07) is 10.1. The summed E-state index contributed by atoms with van der Waals surface area (Å²) in [6.45, 7) is -2.83. The van der Waals surface area contributed by atoms with Crippen LogP contribution < -0.4 is 4.74 Å². The van der Waals surface area contributed by atoms with Crippen LogP contribution in [0.3, 0.4) is 0 Å². The molecule has 1 heterocycles. The molecule has 1 saturated heterocycles. The first kappa shape index (κ1) is 20.2. The van der Waals surface area contributed by atoms with Gasteiger partial charge in [-0.2, -0.15) is 13.1 Å². The summed E-state index contributed by atoms with van der Waals surface area (Å²) >= 11 is 0. The molecule has 0 unspecified atom stereocenters. The Hall–Kier alpha value is -2.59. The Bertz CT molecular complexity index is 944. The number of hydrogen-bond donors (Lipinski definition) is 0. The lowest BCUT2D eigenvalue weighted by molar-refractivity contribution is -0.0503. The second-order valence-electron chi connectivity index (χ2n) is 6.02. The van der Waals surface area contributed by atoms with Crippen LogP contribution in [0.15, 0.2) is 53.4 Å². The number of hydrogen-bond acceptors (Lipinski definition) is 4. The van der Waals surface area contributed by atoms with Crippen molar-refractivity contribution in [2.24, 2.45) is 0 Å². The third-order valence-corrected chi connectivity index (χ3v) is 6.22. The molecule has 1 aliphatic heterocycles. The standard InChI is InChI=1S/C18H17F3N2O4S/c19-13-5-7-14(8-6-13)28(25,26)23-11-9-22(10-12-23)17(24)15-3-1-2-4-16(15)27-18(20)21/h1-8,18H,9-12H2. The summed E-state index contributed by atoms with van der Waals surface area (Å²) in [7, 11) is -3.81. The maximum atomic E-state index is 13.0. The van der Waals surface area contributed by atoms with Gasteiger partial charge in [0.1, 0.15) is 11.6 Å². The van der Waals surface area contributed by atoms with Crippen LogP contribution in [-0.4, -0.2) is 56.3 Å². The molecular weight excluding hydrogens is 397 g/mol. The molecule has 0 atom stereocenters. The maximum Gasteiger partial charge on any atom is 0.387 e. The Labute approximate surface area is 160 Å². The molecule has 1 fully saturated rings. The fourth-order valence-electron chi connectivity index (χ4n) is 2.90. The number of piperazine rings is 1. The summed E-state index contributed by atoms with van der Waals surface area (Å²) in [5.74, 6) is -1.29. The van der Waals surface area contributed by atoms with Crippen molar-refractivity contribution >= 4 is 15.9 Å². The number of amides is 1. The quantitative estimate of drug-likeness (QED) is 0.754. The van der Waals surface area contributed by atoms with E-state index < -0.39 is 28.4 Å². The Balaban J connectivity index is 1.70. The Morgan fingerprint density at radius 1 is 0.964 bits per heavy atom. The summed E-state index contributed by atoms with van der Waals surface area (Å²) < 4.78 is 68.9. The Morgan fingerprint density at radius 2 is 1.57 bits per heavy atom. The van der Waals surface area contributed by atoms with Gasteiger partial charge in [-0.05, 0) is 36.4 Å². The van der Waals surface area contributed by atoms with Crippen molar-refractivity contribution in [3.63, 3.8) is 0 Å². The molecule has 6 nitrogen and oxygen atoms in total. The number of rotatable bonds is 5. The summed E-state index contributed by atoms with van der Waals surface area (Å²) in [4.78, 5) is 14.0. The van der Waals surface area contributed by atoms with Crippen molar-refractivity contribution in [2.45, 2.75) is 11.5 Å². The zero-order chi connectivity index (χ0) is 20.3. The largest absolute Gasteiger partial charge is 0.434 e. The van der Waals surface area contributed by atoms with Crippen LogP contribution in [0.2, 0.25) is 0 Å². The van der Waals surface area contributed by atoms with Crippen LogP contribution in [0.1, 0.15) is 10.4 Å². The zero-order valence-corrected chi connectivity index (χ0v) is 15.4.